The van der Waals surface area contributed by atoms with E-state index in [1.807, 2.05) is 7.11 Å². The molecule has 0 radical (unpaired) electrons. The molecule has 0 heterocycles. The lowest BCUT2D eigenvalue weighted by molar-refractivity contribution is -0.00677. The SMILES string of the molecule is COC1(C)CCCC(NC(C)C)CC1. The van der Waals surface area contributed by atoms with E-state index in [4.69, 9.17) is 4.74 Å². The Bertz CT molecular complexity index is 170. The van der Waals surface area contributed by atoms with Crippen molar-refractivity contribution in [2.24, 2.45) is 0 Å². The molecule has 1 N–H and O–H groups in total. The van der Waals surface area contributed by atoms with Crippen molar-refractivity contribution in [3.63, 3.8) is 0 Å². The van der Waals surface area contributed by atoms with Crippen molar-refractivity contribution in [1.82, 2.24) is 5.32 Å². The Morgan fingerprint density at radius 1 is 1.29 bits per heavy atom. The summed E-state index contributed by atoms with van der Waals surface area (Å²) < 4.78 is 5.58. The molecule has 0 aromatic rings. The molecule has 1 aliphatic carbocycles. The van der Waals surface area contributed by atoms with Gasteiger partial charge in [-0.05, 0) is 39.0 Å². The van der Waals surface area contributed by atoms with Gasteiger partial charge < -0.3 is 10.1 Å². The van der Waals surface area contributed by atoms with Crippen LogP contribution in [0.15, 0.2) is 0 Å². The third kappa shape index (κ3) is 3.58. The van der Waals surface area contributed by atoms with E-state index >= 15 is 0 Å². The molecule has 1 rings (SSSR count). The molecule has 0 aromatic heterocycles. The largest absolute Gasteiger partial charge is 0.379 e. The fraction of sp³-hybridized carbons (Fsp3) is 1.00. The Kier molecular flexibility index (Phi) is 4.39. The van der Waals surface area contributed by atoms with Crippen LogP contribution in [-0.2, 0) is 4.74 Å². The van der Waals surface area contributed by atoms with E-state index in [0.29, 0.717) is 12.1 Å². The van der Waals surface area contributed by atoms with Gasteiger partial charge in [-0.25, -0.2) is 0 Å². The van der Waals surface area contributed by atoms with Gasteiger partial charge in [-0.2, -0.15) is 0 Å². The first-order valence-corrected chi connectivity index (χ1v) is 5.87. The topological polar surface area (TPSA) is 21.3 Å². The first-order chi connectivity index (χ1) is 6.56. The Morgan fingerprint density at radius 2 is 2.00 bits per heavy atom. The fourth-order valence-electron chi connectivity index (χ4n) is 2.31. The predicted octanol–water partition coefficient (Wildman–Crippen LogP) is 2.72. The lowest BCUT2D eigenvalue weighted by atomic mass is 9.97. The highest BCUT2D eigenvalue weighted by molar-refractivity contribution is 4.83. The van der Waals surface area contributed by atoms with Gasteiger partial charge in [0.15, 0.2) is 0 Å². The van der Waals surface area contributed by atoms with Crippen LogP contribution in [0.2, 0.25) is 0 Å². The second kappa shape index (κ2) is 5.13. The lowest BCUT2D eigenvalue weighted by Gasteiger charge is -2.26. The Morgan fingerprint density at radius 3 is 2.57 bits per heavy atom. The molecule has 0 aliphatic heterocycles. The minimum atomic E-state index is 0.132. The van der Waals surface area contributed by atoms with Crippen LogP contribution in [0.25, 0.3) is 0 Å². The van der Waals surface area contributed by atoms with Crippen LogP contribution >= 0.6 is 0 Å². The summed E-state index contributed by atoms with van der Waals surface area (Å²) in [4.78, 5) is 0. The van der Waals surface area contributed by atoms with Crippen LogP contribution in [0.5, 0.6) is 0 Å². The molecule has 1 aliphatic rings. The maximum absolute atomic E-state index is 5.58. The van der Waals surface area contributed by atoms with Gasteiger partial charge in [0.2, 0.25) is 0 Å². The van der Waals surface area contributed by atoms with Crippen molar-refractivity contribution in [3.8, 4) is 0 Å². The first-order valence-electron chi connectivity index (χ1n) is 5.87. The molecule has 2 nitrogen and oxygen atoms in total. The summed E-state index contributed by atoms with van der Waals surface area (Å²) in [6, 6.07) is 1.30. The summed E-state index contributed by atoms with van der Waals surface area (Å²) in [6.07, 6.45) is 6.24. The van der Waals surface area contributed by atoms with E-state index in [1.54, 1.807) is 0 Å². The molecule has 1 saturated carbocycles. The smallest absolute Gasteiger partial charge is 0.0651 e. The predicted molar refractivity (Wildman–Crippen MR) is 60.6 cm³/mol. The summed E-state index contributed by atoms with van der Waals surface area (Å²) >= 11 is 0. The van der Waals surface area contributed by atoms with Crippen LogP contribution in [0.3, 0.4) is 0 Å². The fourth-order valence-corrected chi connectivity index (χ4v) is 2.31. The molecule has 0 aromatic carbocycles. The van der Waals surface area contributed by atoms with Crippen molar-refractivity contribution in [2.75, 3.05) is 7.11 Å². The summed E-state index contributed by atoms with van der Waals surface area (Å²) in [5, 5.41) is 3.63. The molecule has 84 valence electrons. The summed E-state index contributed by atoms with van der Waals surface area (Å²) in [5.74, 6) is 0. The molecular formula is C12H25NO. The van der Waals surface area contributed by atoms with Gasteiger partial charge >= 0.3 is 0 Å². The Hall–Kier alpha value is -0.0800. The van der Waals surface area contributed by atoms with E-state index < -0.39 is 0 Å². The Balaban J connectivity index is 2.40. The van der Waals surface area contributed by atoms with E-state index in [0.717, 1.165) is 0 Å². The minimum absolute atomic E-state index is 0.132. The maximum Gasteiger partial charge on any atom is 0.0651 e. The zero-order chi connectivity index (χ0) is 10.6. The third-order valence-corrected chi connectivity index (χ3v) is 3.34. The normalized spacial score (nSPS) is 34.5. The highest BCUT2D eigenvalue weighted by Gasteiger charge is 2.28. The van der Waals surface area contributed by atoms with Gasteiger partial charge in [0.1, 0.15) is 0 Å². The number of hydrogen-bond acceptors (Lipinski definition) is 2. The molecule has 0 amide bonds. The van der Waals surface area contributed by atoms with Crippen LogP contribution < -0.4 is 5.32 Å². The van der Waals surface area contributed by atoms with Gasteiger partial charge in [0.25, 0.3) is 0 Å². The number of nitrogens with one attached hydrogen (secondary N) is 1. The number of rotatable bonds is 3. The molecule has 2 atom stereocenters. The maximum atomic E-state index is 5.58. The minimum Gasteiger partial charge on any atom is -0.379 e. The van der Waals surface area contributed by atoms with Crippen LogP contribution in [0.1, 0.15) is 52.9 Å². The Labute approximate surface area is 88.4 Å². The lowest BCUT2D eigenvalue weighted by Crippen LogP contribution is -2.35. The average Bonchev–Trinajstić information content (AvgIpc) is 2.29. The van der Waals surface area contributed by atoms with Gasteiger partial charge in [0.05, 0.1) is 5.60 Å². The summed E-state index contributed by atoms with van der Waals surface area (Å²) in [6.45, 7) is 6.69. The molecule has 0 spiro atoms. The second-order valence-corrected chi connectivity index (χ2v) is 5.10. The average molecular weight is 199 g/mol. The van der Waals surface area contributed by atoms with E-state index in [-0.39, 0.29) is 5.60 Å². The molecule has 1 fully saturated rings. The van der Waals surface area contributed by atoms with Crippen LogP contribution in [0.4, 0.5) is 0 Å². The third-order valence-electron chi connectivity index (χ3n) is 3.34. The van der Waals surface area contributed by atoms with Crippen molar-refractivity contribution < 1.29 is 4.74 Å². The summed E-state index contributed by atoms with van der Waals surface area (Å²) in [5.41, 5.74) is 0.132. The van der Waals surface area contributed by atoms with Crippen molar-refractivity contribution >= 4 is 0 Å². The zero-order valence-electron chi connectivity index (χ0n) is 10.1. The van der Waals surface area contributed by atoms with E-state index in [1.165, 1.54) is 32.1 Å². The standard InChI is InChI=1S/C12H25NO/c1-10(2)13-11-6-5-8-12(3,14-4)9-7-11/h10-11,13H,5-9H2,1-4H3. The molecule has 0 bridgehead atoms. The highest BCUT2D eigenvalue weighted by Crippen LogP contribution is 2.29. The quantitative estimate of drug-likeness (QED) is 0.706. The van der Waals surface area contributed by atoms with Gasteiger partial charge in [-0.15, -0.1) is 0 Å². The van der Waals surface area contributed by atoms with Gasteiger partial charge in [-0.3, -0.25) is 0 Å². The van der Waals surface area contributed by atoms with Crippen molar-refractivity contribution in [2.45, 2.75) is 70.6 Å². The van der Waals surface area contributed by atoms with Crippen molar-refractivity contribution in [3.05, 3.63) is 0 Å². The highest BCUT2D eigenvalue weighted by atomic mass is 16.5. The van der Waals surface area contributed by atoms with Crippen molar-refractivity contribution in [1.29, 1.82) is 0 Å². The van der Waals surface area contributed by atoms with Crippen LogP contribution in [-0.4, -0.2) is 24.8 Å². The molecule has 0 saturated heterocycles. The van der Waals surface area contributed by atoms with Gasteiger partial charge in [0, 0.05) is 19.2 Å². The first kappa shape index (κ1) is 12.0. The molecule has 2 heteroatoms. The van der Waals surface area contributed by atoms with Crippen LogP contribution in [0, 0.1) is 0 Å². The number of ether oxygens (including phenoxy) is 1. The summed E-state index contributed by atoms with van der Waals surface area (Å²) in [7, 11) is 1.84. The molecular weight excluding hydrogens is 174 g/mol. The van der Waals surface area contributed by atoms with Gasteiger partial charge in [-0.1, -0.05) is 13.8 Å². The second-order valence-electron chi connectivity index (χ2n) is 5.10. The van der Waals surface area contributed by atoms with E-state index in [2.05, 4.69) is 26.1 Å². The van der Waals surface area contributed by atoms with E-state index in [9.17, 15) is 0 Å². The monoisotopic (exact) mass is 199 g/mol. The molecule has 2 unspecified atom stereocenters. The zero-order valence-corrected chi connectivity index (χ0v) is 10.1. The number of methoxy groups -OCH3 is 1. The molecule has 14 heavy (non-hydrogen) atoms. The number of hydrogen-bond donors (Lipinski definition) is 1.